The zero-order chi connectivity index (χ0) is 12.3. The predicted octanol–water partition coefficient (Wildman–Crippen LogP) is 2.00. The van der Waals surface area contributed by atoms with E-state index in [0.29, 0.717) is 16.8 Å². The lowest BCUT2D eigenvalue weighted by molar-refractivity contribution is -0.131. The lowest BCUT2D eigenvalue weighted by atomic mass is 10.3. The average Bonchev–Trinajstić information content (AvgIpc) is 2.28. The number of aliphatic carboxylic acids is 1. The lowest BCUT2D eigenvalue weighted by Crippen LogP contribution is -1.97. The monoisotopic (exact) mass is 230 g/mol. The number of aromatic nitrogens is 2. The summed E-state index contributed by atoms with van der Waals surface area (Å²) < 4.78 is 5.42. The second-order valence-electron chi connectivity index (χ2n) is 3.38. The molecular weight excluding hydrogens is 220 g/mol. The molecule has 2 aromatic rings. The van der Waals surface area contributed by atoms with Gasteiger partial charge in [-0.1, -0.05) is 6.07 Å². The van der Waals surface area contributed by atoms with E-state index in [0.717, 1.165) is 6.08 Å². The molecule has 2 rings (SSSR count). The van der Waals surface area contributed by atoms with Crippen molar-refractivity contribution in [1.82, 2.24) is 9.97 Å². The highest BCUT2D eigenvalue weighted by Crippen LogP contribution is 2.23. The minimum Gasteiger partial charge on any atom is -0.478 e. The van der Waals surface area contributed by atoms with Gasteiger partial charge in [-0.3, -0.25) is 4.98 Å². The molecule has 0 aliphatic carbocycles. The number of fused-ring (bicyclic) bond motifs is 1. The Bertz CT molecular complexity index is 588. The third-order valence-electron chi connectivity index (χ3n) is 2.06. The molecule has 0 bridgehead atoms. The van der Waals surface area contributed by atoms with Crippen LogP contribution in [-0.4, -0.2) is 21.0 Å². The molecule has 0 unspecified atom stereocenters. The number of benzene rings is 1. The first-order valence-electron chi connectivity index (χ1n) is 4.95. The zero-order valence-electron chi connectivity index (χ0n) is 9.12. The Morgan fingerprint density at radius 1 is 1.35 bits per heavy atom. The second kappa shape index (κ2) is 4.61. The number of ether oxygens (including phenoxy) is 1. The topological polar surface area (TPSA) is 72.3 Å². The SMILES string of the molecule is CC(=CC(=O)O)Oc1cccc2nccnc12. The van der Waals surface area contributed by atoms with Crippen LogP contribution in [0.1, 0.15) is 6.92 Å². The molecule has 0 saturated carbocycles. The standard InChI is InChI=1S/C12H10N2O3/c1-8(7-11(15)16)17-10-4-2-3-9-12(10)14-6-5-13-9/h2-7H,1H3,(H,15,16). The van der Waals surface area contributed by atoms with E-state index >= 15 is 0 Å². The van der Waals surface area contributed by atoms with Gasteiger partial charge < -0.3 is 9.84 Å². The fraction of sp³-hybridized carbons (Fsp3) is 0.0833. The van der Waals surface area contributed by atoms with Crippen molar-refractivity contribution in [2.24, 2.45) is 0 Å². The van der Waals surface area contributed by atoms with Crippen LogP contribution in [0, 0.1) is 0 Å². The number of hydrogen-bond donors (Lipinski definition) is 1. The molecule has 1 heterocycles. The average molecular weight is 230 g/mol. The van der Waals surface area contributed by atoms with E-state index in [1.165, 1.54) is 0 Å². The number of allylic oxidation sites excluding steroid dienone is 1. The van der Waals surface area contributed by atoms with Gasteiger partial charge in [-0.25, -0.2) is 9.78 Å². The molecule has 0 atom stereocenters. The van der Waals surface area contributed by atoms with Crippen molar-refractivity contribution >= 4 is 17.0 Å². The van der Waals surface area contributed by atoms with Crippen LogP contribution in [0.25, 0.3) is 11.0 Å². The highest BCUT2D eigenvalue weighted by atomic mass is 16.5. The van der Waals surface area contributed by atoms with Crippen molar-refractivity contribution in [2.45, 2.75) is 6.92 Å². The summed E-state index contributed by atoms with van der Waals surface area (Å²) in [7, 11) is 0. The Morgan fingerprint density at radius 2 is 2.12 bits per heavy atom. The van der Waals surface area contributed by atoms with Gasteiger partial charge in [-0.2, -0.15) is 0 Å². The van der Waals surface area contributed by atoms with Gasteiger partial charge in [0, 0.05) is 12.4 Å². The number of carboxylic acids is 1. The molecule has 1 N–H and O–H groups in total. The first-order chi connectivity index (χ1) is 8.16. The van der Waals surface area contributed by atoms with Gasteiger partial charge >= 0.3 is 5.97 Å². The highest BCUT2D eigenvalue weighted by molar-refractivity contribution is 5.82. The van der Waals surface area contributed by atoms with E-state index in [2.05, 4.69) is 9.97 Å². The maximum atomic E-state index is 10.5. The fourth-order valence-electron chi connectivity index (χ4n) is 1.43. The fourth-order valence-corrected chi connectivity index (χ4v) is 1.43. The van der Waals surface area contributed by atoms with E-state index in [4.69, 9.17) is 9.84 Å². The third kappa shape index (κ3) is 2.57. The van der Waals surface area contributed by atoms with Crippen LogP contribution in [-0.2, 0) is 4.79 Å². The Balaban J connectivity index is 2.39. The summed E-state index contributed by atoms with van der Waals surface area (Å²) in [5, 5.41) is 8.59. The molecule has 0 saturated heterocycles. The molecule has 5 nitrogen and oxygen atoms in total. The van der Waals surface area contributed by atoms with Gasteiger partial charge in [0.1, 0.15) is 11.3 Å². The van der Waals surface area contributed by atoms with Crippen LogP contribution >= 0.6 is 0 Å². The molecule has 0 aliphatic heterocycles. The molecule has 17 heavy (non-hydrogen) atoms. The first-order valence-corrected chi connectivity index (χ1v) is 4.95. The summed E-state index contributed by atoms with van der Waals surface area (Å²) >= 11 is 0. The molecule has 0 aliphatic rings. The summed E-state index contributed by atoms with van der Waals surface area (Å²) in [5.41, 5.74) is 1.31. The van der Waals surface area contributed by atoms with Crippen LogP contribution < -0.4 is 4.74 Å². The summed E-state index contributed by atoms with van der Waals surface area (Å²) in [6, 6.07) is 5.31. The number of hydrogen-bond acceptors (Lipinski definition) is 4. The Kier molecular flexibility index (Phi) is 3.00. The third-order valence-corrected chi connectivity index (χ3v) is 2.06. The van der Waals surface area contributed by atoms with Crippen molar-refractivity contribution in [3.05, 3.63) is 42.4 Å². The molecule has 0 amide bonds. The van der Waals surface area contributed by atoms with Crippen molar-refractivity contribution in [3.63, 3.8) is 0 Å². The summed E-state index contributed by atoms with van der Waals surface area (Å²) in [5.74, 6) is -0.268. The van der Waals surface area contributed by atoms with Gasteiger partial charge in [-0.15, -0.1) is 0 Å². The van der Waals surface area contributed by atoms with Crippen molar-refractivity contribution in [2.75, 3.05) is 0 Å². The Labute approximate surface area is 97.4 Å². The Hall–Kier alpha value is -2.43. The lowest BCUT2D eigenvalue weighted by Gasteiger charge is -2.07. The van der Waals surface area contributed by atoms with E-state index in [1.807, 2.05) is 6.07 Å². The van der Waals surface area contributed by atoms with E-state index in [-0.39, 0.29) is 5.76 Å². The van der Waals surface area contributed by atoms with Crippen molar-refractivity contribution < 1.29 is 14.6 Å². The van der Waals surface area contributed by atoms with Gasteiger partial charge in [0.05, 0.1) is 11.6 Å². The smallest absolute Gasteiger partial charge is 0.331 e. The van der Waals surface area contributed by atoms with Gasteiger partial charge in [0.15, 0.2) is 5.75 Å². The summed E-state index contributed by atoms with van der Waals surface area (Å²) in [6.07, 6.45) is 4.15. The van der Waals surface area contributed by atoms with Crippen molar-refractivity contribution in [3.8, 4) is 5.75 Å². The van der Waals surface area contributed by atoms with Gasteiger partial charge in [0.25, 0.3) is 0 Å². The Morgan fingerprint density at radius 3 is 2.88 bits per heavy atom. The minimum atomic E-state index is -1.05. The molecule has 0 fully saturated rings. The zero-order valence-corrected chi connectivity index (χ0v) is 9.12. The van der Waals surface area contributed by atoms with Crippen LogP contribution in [0.3, 0.4) is 0 Å². The van der Waals surface area contributed by atoms with Gasteiger partial charge in [-0.05, 0) is 19.1 Å². The number of carboxylic acid groups (broad SMARTS) is 1. The maximum absolute atomic E-state index is 10.5. The van der Waals surface area contributed by atoms with Crippen LogP contribution in [0.15, 0.2) is 42.4 Å². The normalized spacial score (nSPS) is 11.5. The molecule has 5 heteroatoms. The molecule has 1 aromatic carbocycles. The molecule has 1 aromatic heterocycles. The molecular formula is C12H10N2O3. The van der Waals surface area contributed by atoms with E-state index in [9.17, 15) is 4.79 Å². The number of nitrogens with zero attached hydrogens (tertiary/aromatic N) is 2. The number of para-hydroxylation sites is 1. The summed E-state index contributed by atoms with van der Waals surface area (Å²) in [6.45, 7) is 1.57. The highest BCUT2D eigenvalue weighted by Gasteiger charge is 2.05. The maximum Gasteiger partial charge on any atom is 0.331 e. The van der Waals surface area contributed by atoms with Crippen LogP contribution in [0.4, 0.5) is 0 Å². The van der Waals surface area contributed by atoms with E-state index in [1.54, 1.807) is 31.5 Å². The number of carbonyl (C=O) groups is 1. The summed E-state index contributed by atoms with van der Waals surface area (Å²) in [4.78, 5) is 18.8. The van der Waals surface area contributed by atoms with Crippen molar-refractivity contribution in [1.29, 1.82) is 0 Å². The van der Waals surface area contributed by atoms with Gasteiger partial charge in [0.2, 0.25) is 0 Å². The molecule has 0 spiro atoms. The van der Waals surface area contributed by atoms with Crippen LogP contribution in [0.5, 0.6) is 5.75 Å². The van der Waals surface area contributed by atoms with Crippen LogP contribution in [0.2, 0.25) is 0 Å². The van der Waals surface area contributed by atoms with E-state index < -0.39 is 5.97 Å². The quantitative estimate of drug-likeness (QED) is 0.644. The molecule has 86 valence electrons. The predicted molar refractivity (Wildman–Crippen MR) is 61.6 cm³/mol. The first kappa shape index (κ1) is 11.1. The second-order valence-corrected chi connectivity index (χ2v) is 3.38. The number of rotatable bonds is 3. The molecule has 0 radical (unpaired) electrons. The largest absolute Gasteiger partial charge is 0.478 e. The minimum absolute atomic E-state index is 0.288.